The molecule has 0 aliphatic carbocycles. The van der Waals surface area contributed by atoms with Gasteiger partial charge in [0.25, 0.3) is 0 Å². The van der Waals surface area contributed by atoms with E-state index in [0.717, 1.165) is 47.5 Å². The molecule has 0 saturated carbocycles. The van der Waals surface area contributed by atoms with Crippen molar-refractivity contribution in [2.45, 2.75) is 38.7 Å². The molecule has 0 atom stereocenters. The van der Waals surface area contributed by atoms with Crippen LogP contribution in [0.3, 0.4) is 0 Å². The zero-order valence-corrected chi connectivity index (χ0v) is 13.7. The molecule has 3 rings (SSSR count). The van der Waals surface area contributed by atoms with E-state index in [0.29, 0.717) is 6.61 Å². The molecule has 0 bridgehead atoms. The van der Waals surface area contributed by atoms with Gasteiger partial charge in [-0.05, 0) is 30.5 Å². The smallest absolute Gasteiger partial charge is 0.143 e. The zero-order valence-electron chi connectivity index (χ0n) is 13.7. The van der Waals surface area contributed by atoms with Gasteiger partial charge in [0.2, 0.25) is 0 Å². The molecule has 2 aromatic rings. The maximum Gasteiger partial charge on any atom is 0.143 e. The molecule has 2 aromatic carbocycles. The van der Waals surface area contributed by atoms with Gasteiger partial charge < -0.3 is 10.1 Å². The molecule has 3 nitrogen and oxygen atoms in total. The molecule has 1 N–H and O–H groups in total. The van der Waals surface area contributed by atoms with Crippen LogP contribution in [0.2, 0.25) is 0 Å². The summed E-state index contributed by atoms with van der Waals surface area (Å²) in [4.78, 5) is 0. The topological polar surface area (TPSA) is 45.0 Å². The number of hydrogen-bond donors (Lipinski definition) is 1. The van der Waals surface area contributed by atoms with E-state index in [1.165, 1.54) is 0 Å². The molecule has 118 valence electrons. The van der Waals surface area contributed by atoms with Gasteiger partial charge in [-0.25, -0.2) is 0 Å². The summed E-state index contributed by atoms with van der Waals surface area (Å²) in [5, 5.41) is 13.0. The molecule has 1 heterocycles. The Morgan fingerprint density at radius 3 is 2.52 bits per heavy atom. The van der Waals surface area contributed by atoms with E-state index in [2.05, 4.69) is 37.4 Å². The first-order chi connectivity index (χ1) is 11.2. The fourth-order valence-electron chi connectivity index (χ4n) is 3.46. The van der Waals surface area contributed by atoms with Crippen molar-refractivity contribution in [2.75, 3.05) is 11.9 Å². The Kier molecular flexibility index (Phi) is 4.25. The van der Waals surface area contributed by atoms with Gasteiger partial charge >= 0.3 is 0 Å². The number of anilines is 1. The summed E-state index contributed by atoms with van der Waals surface area (Å²) in [7, 11) is 0. The first kappa shape index (κ1) is 15.4. The van der Waals surface area contributed by atoms with Crippen LogP contribution in [0, 0.1) is 11.3 Å². The fourth-order valence-corrected chi connectivity index (χ4v) is 3.46. The number of ether oxygens (including phenoxy) is 1. The number of rotatable bonds is 5. The maximum atomic E-state index is 9.51. The van der Waals surface area contributed by atoms with Gasteiger partial charge in [-0.15, -0.1) is 0 Å². The van der Waals surface area contributed by atoms with Crippen molar-refractivity contribution in [3.8, 4) is 11.8 Å². The minimum Gasteiger partial charge on any atom is -0.487 e. The van der Waals surface area contributed by atoms with Crippen molar-refractivity contribution >= 4 is 5.69 Å². The Balaban J connectivity index is 1.95. The highest BCUT2D eigenvalue weighted by molar-refractivity contribution is 5.73. The van der Waals surface area contributed by atoms with Crippen LogP contribution < -0.4 is 10.1 Å². The lowest BCUT2D eigenvalue weighted by atomic mass is 9.75. The van der Waals surface area contributed by atoms with Crippen molar-refractivity contribution in [2.24, 2.45) is 0 Å². The van der Waals surface area contributed by atoms with Crippen LogP contribution in [0.4, 0.5) is 5.69 Å². The first-order valence-electron chi connectivity index (χ1n) is 8.22. The Morgan fingerprint density at radius 2 is 1.87 bits per heavy atom. The molecule has 0 unspecified atom stereocenters. The minimum absolute atomic E-state index is 0.0342. The summed E-state index contributed by atoms with van der Waals surface area (Å²) >= 11 is 0. The third kappa shape index (κ3) is 2.66. The number of hydrogen-bond acceptors (Lipinski definition) is 3. The molecule has 0 fully saturated rings. The van der Waals surface area contributed by atoms with Crippen molar-refractivity contribution in [1.29, 1.82) is 5.26 Å². The number of fused-ring (bicyclic) bond motifs is 1. The molecule has 0 saturated heterocycles. The predicted octanol–water partition coefficient (Wildman–Crippen LogP) is 4.62. The summed E-state index contributed by atoms with van der Waals surface area (Å²) in [5.74, 6) is 0.839. The lowest BCUT2D eigenvalue weighted by Crippen LogP contribution is -2.27. The second kappa shape index (κ2) is 6.34. The first-order valence-corrected chi connectivity index (χ1v) is 8.22. The second-order valence-corrected chi connectivity index (χ2v) is 6.09. The number of nitriles is 1. The van der Waals surface area contributed by atoms with Crippen molar-refractivity contribution < 1.29 is 4.74 Å². The van der Waals surface area contributed by atoms with Gasteiger partial charge in [-0.3, -0.25) is 0 Å². The SMILES string of the molecule is CCC1(CC)CNc2c(OCc3ccccc3)ccc(C#N)c21. The van der Waals surface area contributed by atoms with Crippen LogP contribution in [0.25, 0.3) is 0 Å². The standard InChI is InChI=1S/C20H22N2O/c1-3-20(4-2)14-22-19-17(11-10-16(12-21)18(19)20)23-13-15-8-6-5-7-9-15/h5-11,22H,3-4,13-14H2,1-2H3. The van der Waals surface area contributed by atoms with E-state index in [1.807, 2.05) is 30.3 Å². The summed E-state index contributed by atoms with van der Waals surface area (Å²) in [6.07, 6.45) is 2.03. The predicted molar refractivity (Wildman–Crippen MR) is 92.7 cm³/mol. The van der Waals surface area contributed by atoms with E-state index in [4.69, 9.17) is 4.74 Å². The molecular weight excluding hydrogens is 284 g/mol. The normalized spacial score (nSPS) is 14.7. The van der Waals surface area contributed by atoms with Crippen molar-refractivity contribution in [1.82, 2.24) is 0 Å². The Labute approximate surface area is 137 Å². The largest absolute Gasteiger partial charge is 0.487 e. The van der Waals surface area contributed by atoms with Crippen molar-refractivity contribution in [3.05, 3.63) is 59.2 Å². The Hall–Kier alpha value is -2.47. The summed E-state index contributed by atoms with van der Waals surface area (Å²) in [6.45, 7) is 5.79. The van der Waals surface area contributed by atoms with Crippen LogP contribution in [-0.4, -0.2) is 6.54 Å². The Bertz CT molecular complexity index is 727. The van der Waals surface area contributed by atoms with E-state index in [9.17, 15) is 5.26 Å². The third-order valence-corrected chi connectivity index (χ3v) is 5.01. The monoisotopic (exact) mass is 306 g/mol. The average Bonchev–Trinajstić information content (AvgIpc) is 3.01. The quantitative estimate of drug-likeness (QED) is 0.876. The van der Waals surface area contributed by atoms with E-state index in [1.54, 1.807) is 0 Å². The van der Waals surface area contributed by atoms with Gasteiger partial charge in [0.05, 0.1) is 17.3 Å². The third-order valence-electron chi connectivity index (χ3n) is 5.01. The van der Waals surface area contributed by atoms with Crippen LogP contribution in [0.5, 0.6) is 5.75 Å². The molecule has 23 heavy (non-hydrogen) atoms. The van der Waals surface area contributed by atoms with E-state index in [-0.39, 0.29) is 5.41 Å². The lowest BCUT2D eigenvalue weighted by molar-refractivity contribution is 0.307. The highest BCUT2D eigenvalue weighted by Gasteiger charge is 2.39. The molecule has 1 aliphatic heterocycles. The summed E-state index contributed by atoms with van der Waals surface area (Å²) in [6, 6.07) is 16.3. The maximum absolute atomic E-state index is 9.51. The van der Waals surface area contributed by atoms with E-state index < -0.39 is 0 Å². The van der Waals surface area contributed by atoms with Crippen molar-refractivity contribution in [3.63, 3.8) is 0 Å². The molecular formula is C20H22N2O. The van der Waals surface area contributed by atoms with E-state index >= 15 is 0 Å². The fraction of sp³-hybridized carbons (Fsp3) is 0.350. The van der Waals surface area contributed by atoms with Crippen LogP contribution in [0.15, 0.2) is 42.5 Å². The van der Waals surface area contributed by atoms with Gasteiger partial charge in [0.1, 0.15) is 12.4 Å². The second-order valence-electron chi connectivity index (χ2n) is 6.09. The van der Waals surface area contributed by atoms with Gasteiger partial charge in [0, 0.05) is 17.5 Å². The average molecular weight is 306 g/mol. The molecule has 0 amide bonds. The minimum atomic E-state index is 0.0342. The zero-order chi connectivity index (χ0) is 16.3. The van der Waals surface area contributed by atoms with Crippen LogP contribution >= 0.6 is 0 Å². The molecule has 1 aliphatic rings. The Morgan fingerprint density at radius 1 is 1.13 bits per heavy atom. The van der Waals surface area contributed by atoms with Crippen LogP contribution in [0.1, 0.15) is 43.4 Å². The highest BCUT2D eigenvalue weighted by Crippen LogP contribution is 2.47. The number of nitrogens with zero attached hydrogens (tertiary/aromatic N) is 1. The summed E-state index contributed by atoms with van der Waals surface area (Å²) in [5.41, 5.74) is 4.08. The van der Waals surface area contributed by atoms with Gasteiger partial charge in [-0.1, -0.05) is 44.2 Å². The van der Waals surface area contributed by atoms with Crippen LogP contribution in [-0.2, 0) is 12.0 Å². The highest BCUT2D eigenvalue weighted by atomic mass is 16.5. The number of nitrogens with one attached hydrogen (secondary N) is 1. The molecule has 0 radical (unpaired) electrons. The van der Waals surface area contributed by atoms with Gasteiger partial charge in [0.15, 0.2) is 0 Å². The molecule has 0 spiro atoms. The molecule has 0 aromatic heterocycles. The summed E-state index contributed by atoms with van der Waals surface area (Å²) < 4.78 is 6.04. The lowest BCUT2D eigenvalue weighted by Gasteiger charge is -2.27. The number of benzene rings is 2. The molecule has 3 heteroatoms. The van der Waals surface area contributed by atoms with Gasteiger partial charge in [-0.2, -0.15) is 5.26 Å².